The zero-order valence-corrected chi connectivity index (χ0v) is 15.8. The van der Waals surface area contributed by atoms with Gasteiger partial charge in [-0.1, -0.05) is 69.3 Å². The zero-order chi connectivity index (χ0) is 18.0. The van der Waals surface area contributed by atoms with E-state index < -0.39 is 0 Å². The van der Waals surface area contributed by atoms with Crippen LogP contribution in [0.2, 0.25) is 0 Å². The van der Waals surface area contributed by atoms with Gasteiger partial charge < -0.3 is 0 Å². The summed E-state index contributed by atoms with van der Waals surface area (Å²) in [6.07, 6.45) is 1.81. The van der Waals surface area contributed by atoms with Crippen molar-refractivity contribution < 1.29 is 0 Å². The summed E-state index contributed by atoms with van der Waals surface area (Å²) in [6.45, 7) is 8.65. The molecule has 0 amide bonds. The third-order valence-electron chi connectivity index (χ3n) is 4.16. The quantitative estimate of drug-likeness (QED) is 0.528. The molecular weight excluding hydrogens is 328 g/mol. The summed E-state index contributed by atoms with van der Waals surface area (Å²) in [6, 6.07) is 16.5. The molecule has 0 fully saturated rings. The van der Waals surface area contributed by atoms with Crippen LogP contribution in [0.15, 0.2) is 53.6 Å². The Labute approximate surface area is 153 Å². The lowest BCUT2D eigenvalue weighted by Crippen LogP contribution is -2.10. The number of hydrogen-bond donors (Lipinski definition) is 1. The molecule has 0 radical (unpaired) electrons. The van der Waals surface area contributed by atoms with Crippen LogP contribution in [0.3, 0.4) is 0 Å². The number of nitrogens with zero attached hydrogens (tertiary/aromatic N) is 3. The molecule has 0 saturated heterocycles. The molecule has 5 heteroatoms. The maximum atomic E-state index is 5.34. The lowest BCUT2D eigenvalue weighted by atomic mass is 9.87. The largest absolute Gasteiger partial charge is 0.250 e. The molecule has 2 aromatic carbocycles. The van der Waals surface area contributed by atoms with Gasteiger partial charge in [-0.2, -0.15) is 14.9 Å². The first-order valence-electron chi connectivity index (χ1n) is 8.24. The molecule has 1 N–H and O–H groups in total. The van der Waals surface area contributed by atoms with Crippen LogP contribution < -0.4 is 0 Å². The Morgan fingerprint density at radius 2 is 1.76 bits per heavy atom. The van der Waals surface area contributed by atoms with Gasteiger partial charge in [0.25, 0.3) is 0 Å². The molecule has 0 saturated carbocycles. The Kier molecular flexibility index (Phi) is 4.68. The molecule has 128 valence electrons. The van der Waals surface area contributed by atoms with Crippen LogP contribution in [0.4, 0.5) is 0 Å². The zero-order valence-electron chi connectivity index (χ0n) is 14.9. The van der Waals surface area contributed by atoms with Gasteiger partial charge in [-0.25, -0.2) is 5.10 Å². The summed E-state index contributed by atoms with van der Waals surface area (Å²) in [7, 11) is 0. The first-order chi connectivity index (χ1) is 11.9. The molecule has 1 aromatic heterocycles. The monoisotopic (exact) mass is 350 g/mol. The van der Waals surface area contributed by atoms with Gasteiger partial charge in [-0.3, -0.25) is 0 Å². The van der Waals surface area contributed by atoms with E-state index >= 15 is 0 Å². The van der Waals surface area contributed by atoms with Crippen LogP contribution in [0.1, 0.15) is 37.5 Å². The highest BCUT2D eigenvalue weighted by molar-refractivity contribution is 7.71. The molecule has 1 heterocycles. The molecule has 0 unspecified atom stereocenters. The molecule has 0 bridgehead atoms. The van der Waals surface area contributed by atoms with Crippen LogP contribution in [-0.2, 0) is 5.41 Å². The van der Waals surface area contributed by atoms with Gasteiger partial charge in [0.1, 0.15) is 0 Å². The van der Waals surface area contributed by atoms with Gasteiger partial charge >= 0.3 is 0 Å². The molecule has 0 aliphatic rings. The highest BCUT2D eigenvalue weighted by atomic mass is 32.1. The summed E-state index contributed by atoms with van der Waals surface area (Å²) in [5.74, 6) is 0.704. The summed E-state index contributed by atoms with van der Waals surface area (Å²) < 4.78 is 2.13. The molecule has 4 nitrogen and oxygen atoms in total. The second-order valence-electron chi connectivity index (χ2n) is 7.09. The smallest absolute Gasteiger partial charge is 0.216 e. The first kappa shape index (κ1) is 17.3. The van der Waals surface area contributed by atoms with Crippen molar-refractivity contribution in [3.05, 3.63) is 70.0 Å². The number of aromatic amines is 1. The molecule has 0 aliphatic heterocycles. The van der Waals surface area contributed by atoms with E-state index in [9.17, 15) is 0 Å². The van der Waals surface area contributed by atoms with E-state index in [0.717, 1.165) is 16.7 Å². The van der Waals surface area contributed by atoms with Crippen LogP contribution in [0.25, 0.3) is 11.4 Å². The molecule has 3 rings (SSSR count). The van der Waals surface area contributed by atoms with Gasteiger partial charge in [0.05, 0.1) is 6.21 Å². The van der Waals surface area contributed by atoms with Crippen LogP contribution in [-0.4, -0.2) is 21.1 Å². The van der Waals surface area contributed by atoms with Crippen LogP contribution in [0.5, 0.6) is 0 Å². The topological polar surface area (TPSA) is 46.0 Å². The maximum Gasteiger partial charge on any atom is 0.216 e. The van der Waals surface area contributed by atoms with Gasteiger partial charge in [-0.15, -0.1) is 0 Å². The second kappa shape index (κ2) is 6.76. The van der Waals surface area contributed by atoms with E-state index in [1.165, 1.54) is 5.56 Å². The van der Waals surface area contributed by atoms with Crippen molar-refractivity contribution in [3.8, 4) is 11.4 Å². The summed E-state index contributed by atoms with van der Waals surface area (Å²) >= 11 is 5.34. The SMILES string of the molecule is Cc1ccccc1/C=N\n1c(-c2ccc(C(C)(C)C)cc2)n[nH]c1=S. The van der Waals surface area contributed by atoms with Gasteiger partial charge in [0.15, 0.2) is 5.82 Å². The Hall–Kier alpha value is -2.53. The van der Waals surface area contributed by atoms with Gasteiger partial charge in [-0.05, 0) is 41.2 Å². The Balaban J connectivity index is 1.97. The third kappa shape index (κ3) is 3.77. The minimum absolute atomic E-state index is 0.117. The van der Waals surface area contributed by atoms with Crippen molar-refractivity contribution in [2.75, 3.05) is 0 Å². The number of rotatable bonds is 3. The van der Waals surface area contributed by atoms with E-state index in [-0.39, 0.29) is 5.41 Å². The summed E-state index contributed by atoms with van der Waals surface area (Å²) in [5.41, 5.74) is 4.59. The summed E-state index contributed by atoms with van der Waals surface area (Å²) in [5, 5.41) is 11.7. The van der Waals surface area contributed by atoms with E-state index in [0.29, 0.717) is 10.6 Å². The van der Waals surface area contributed by atoms with E-state index in [2.05, 4.69) is 73.3 Å². The van der Waals surface area contributed by atoms with E-state index in [4.69, 9.17) is 12.2 Å². The Bertz CT molecular complexity index is 956. The van der Waals surface area contributed by atoms with Gasteiger partial charge in [0.2, 0.25) is 4.77 Å². The number of aryl methyl sites for hydroxylation is 1. The van der Waals surface area contributed by atoms with Crippen molar-refractivity contribution in [1.82, 2.24) is 14.9 Å². The van der Waals surface area contributed by atoms with E-state index in [1.807, 2.05) is 24.4 Å². The maximum absolute atomic E-state index is 5.34. The van der Waals surface area contributed by atoms with Crippen LogP contribution >= 0.6 is 12.2 Å². The number of hydrogen-bond acceptors (Lipinski definition) is 3. The fourth-order valence-electron chi connectivity index (χ4n) is 2.56. The number of H-pyrrole nitrogens is 1. The lowest BCUT2D eigenvalue weighted by molar-refractivity contribution is 0.590. The molecular formula is C20H22N4S. The van der Waals surface area contributed by atoms with Gasteiger partial charge in [0, 0.05) is 5.56 Å². The standard InChI is InChI=1S/C20H22N4S/c1-14-7-5-6-8-16(14)13-21-24-18(22-23-19(24)25)15-9-11-17(12-10-15)20(2,3)4/h5-13H,1-4H3,(H,23,25)/b21-13-. The lowest BCUT2D eigenvalue weighted by Gasteiger charge is -2.18. The normalized spacial score (nSPS) is 12.0. The van der Waals surface area contributed by atoms with Crippen molar-refractivity contribution in [2.24, 2.45) is 5.10 Å². The average Bonchev–Trinajstić information content (AvgIpc) is 2.94. The third-order valence-corrected chi connectivity index (χ3v) is 4.42. The number of aromatic nitrogens is 3. The van der Waals surface area contributed by atoms with E-state index in [1.54, 1.807) is 4.68 Å². The Morgan fingerprint density at radius 1 is 1.08 bits per heavy atom. The second-order valence-corrected chi connectivity index (χ2v) is 7.48. The van der Waals surface area contributed by atoms with Crippen molar-refractivity contribution in [3.63, 3.8) is 0 Å². The number of benzene rings is 2. The fraction of sp³-hybridized carbons (Fsp3) is 0.250. The molecule has 3 aromatic rings. The highest BCUT2D eigenvalue weighted by Crippen LogP contribution is 2.25. The predicted octanol–water partition coefficient (Wildman–Crippen LogP) is 5.10. The number of nitrogens with one attached hydrogen (secondary N) is 1. The molecule has 0 atom stereocenters. The first-order valence-corrected chi connectivity index (χ1v) is 8.65. The predicted molar refractivity (Wildman–Crippen MR) is 106 cm³/mol. The fourth-order valence-corrected chi connectivity index (χ4v) is 2.74. The van der Waals surface area contributed by atoms with Crippen molar-refractivity contribution >= 4 is 18.4 Å². The molecule has 25 heavy (non-hydrogen) atoms. The molecule has 0 spiro atoms. The summed E-state index contributed by atoms with van der Waals surface area (Å²) in [4.78, 5) is 0. The van der Waals surface area contributed by atoms with Crippen molar-refractivity contribution in [1.29, 1.82) is 0 Å². The Morgan fingerprint density at radius 3 is 2.40 bits per heavy atom. The van der Waals surface area contributed by atoms with Crippen LogP contribution in [0, 0.1) is 11.7 Å². The average molecular weight is 350 g/mol. The molecule has 0 aliphatic carbocycles. The van der Waals surface area contributed by atoms with Crippen molar-refractivity contribution in [2.45, 2.75) is 33.1 Å². The minimum Gasteiger partial charge on any atom is -0.250 e. The minimum atomic E-state index is 0.117. The highest BCUT2D eigenvalue weighted by Gasteiger charge is 2.14.